The molecule has 81 heavy (non-hydrogen) atoms. The van der Waals surface area contributed by atoms with Gasteiger partial charge in [-0.25, -0.2) is 32.6 Å². The number of pyridine rings is 2. The van der Waals surface area contributed by atoms with Crippen LogP contribution in [0.15, 0.2) is 34.5 Å². The molecule has 3 aliphatic heterocycles. The standard InChI is InChI=1S/C57H71FN10O12S/c1-7-57(76)39-23-44-51-37(28-68(44)54(74)38(39)29-80-55(57)75)49-41(17-16-36-34(5)40(58)24-43(64-51)48(36)49)63-47(71)30-79-31-62-46(70)27-59-52(72)42(14-11-12-20-67-21-18-33(4)19-22-67)65-53(73)50(32(2)3)66-45(69)15-10-8-9-13-35-25-60-56(61-26-35)81(6,77)78/h23-26,32-33,41-42,50,76H,7-8,10-12,14-22,27-31H2,1-6H3,(H,59,72)(H,62,70)(H,63,71)(H,65,73)(H,66,69)/t41-,42-,50-,57-/m0/s1. The van der Waals surface area contributed by atoms with Gasteiger partial charge >= 0.3 is 5.97 Å². The Balaban J connectivity index is 0.849. The largest absolute Gasteiger partial charge is 0.458 e. The third kappa shape index (κ3) is 13.8. The zero-order chi connectivity index (χ0) is 58.3. The summed E-state index contributed by atoms with van der Waals surface area (Å²) in [4.78, 5) is 109. The van der Waals surface area contributed by atoms with Crippen molar-refractivity contribution in [2.24, 2.45) is 11.8 Å². The Kier molecular flexibility index (Phi) is 19.0. The van der Waals surface area contributed by atoms with Gasteiger partial charge in [-0.3, -0.25) is 28.8 Å². The van der Waals surface area contributed by atoms with E-state index in [-0.39, 0.29) is 60.5 Å². The lowest BCUT2D eigenvalue weighted by atomic mass is 9.81. The van der Waals surface area contributed by atoms with Gasteiger partial charge in [0.25, 0.3) is 5.56 Å². The predicted molar refractivity (Wildman–Crippen MR) is 294 cm³/mol. The molecule has 6 N–H and O–H groups in total. The van der Waals surface area contributed by atoms with Gasteiger partial charge in [-0.05, 0) is 119 Å². The fourth-order valence-corrected chi connectivity index (χ4v) is 11.4. The molecule has 434 valence electrons. The van der Waals surface area contributed by atoms with E-state index in [1.54, 1.807) is 33.8 Å². The third-order valence-corrected chi connectivity index (χ3v) is 16.5. The fourth-order valence-electron chi connectivity index (χ4n) is 10.9. The highest BCUT2D eigenvalue weighted by Gasteiger charge is 2.46. The molecule has 0 radical (unpaired) electrons. The molecule has 4 atom stereocenters. The van der Waals surface area contributed by atoms with Crippen molar-refractivity contribution in [3.63, 3.8) is 0 Å². The fraction of sp³-hybridized carbons (Fsp3) is 0.544. The van der Waals surface area contributed by atoms with Crippen LogP contribution in [0.3, 0.4) is 0 Å². The number of benzene rings is 1. The number of esters is 1. The van der Waals surface area contributed by atoms with Crippen LogP contribution in [0.4, 0.5) is 4.39 Å². The summed E-state index contributed by atoms with van der Waals surface area (Å²) in [6.07, 6.45) is 8.99. The highest BCUT2D eigenvalue weighted by Crippen LogP contribution is 2.46. The number of ether oxygens (including phenoxy) is 2. The minimum absolute atomic E-state index is 0.0444. The second-order valence-corrected chi connectivity index (χ2v) is 23.7. The zero-order valence-electron chi connectivity index (χ0n) is 46.6. The van der Waals surface area contributed by atoms with Crippen LogP contribution in [0, 0.1) is 36.4 Å². The van der Waals surface area contributed by atoms with Crippen LogP contribution in [-0.4, -0.2) is 131 Å². The van der Waals surface area contributed by atoms with Gasteiger partial charge in [0.1, 0.15) is 37.8 Å². The molecule has 6 heterocycles. The minimum atomic E-state index is -3.55. The van der Waals surface area contributed by atoms with E-state index in [2.05, 4.69) is 60.2 Å². The number of nitrogens with one attached hydrogen (secondary N) is 5. The molecular formula is C57H71FN10O12S. The van der Waals surface area contributed by atoms with Crippen LogP contribution in [0.2, 0.25) is 0 Å². The average molecular weight is 1140 g/mol. The van der Waals surface area contributed by atoms with Crippen LogP contribution in [-0.2, 0) is 73.3 Å². The van der Waals surface area contributed by atoms with Crippen molar-refractivity contribution in [1.29, 1.82) is 0 Å². The van der Waals surface area contributed by atoms with Crippen molar-refractivity contribution >= 4 is 56.2 Å². The SMILES string of the molecule is CC[C@@]1(O)C(=O)OCc2c1cc1n(c2=O)Cc2c-1nc1cc(F)c(C)c3c1c2[C@@H](NC(=O)COCNC(=O)CNC(=O)[C@H](CCCCN1CCC(C)CC1)NC(=O)[C@@H](NC(=O)CCCC#Cc1cnc(S(C)(=O)=O)nc1)C(C)C)CC3. The Morgan fingerprint density at radius 1 is 0.963 bits per heavy atom. The number of hydrogen-bond acceptors (Lipinski definition) is 16. The number of hydrogen-bond donors (Lipinski definition) is 6. The van der Waals surface area contributed by atoms with E-state index >= 15 is 4.39 Å². The maximum atomic E-state index is 15.4. The van der Waals surface area contributed by atoms with Gasteiger partial charge in [-0.2, -0.15) is 0 Å². The maximum Gasteiger partial charge on any atom is 0.343 e. The highest BCUT2D eigenvalue weighted by atomic mass is 32.2. The number of fused-ring (bicyclic) bond motifs is 5. The number of halogens is 1. The zero-order valence-corrected chi connectivity index (χ0v) is 47.4. The average Bonchev–Trinajstić information content (AvgIpc) is 4.07. The molecule has 0 unspecified atom stereocenters. The number of aliphatic hydroxyl groups is 1. The molecule has 3 aromatic heterocycles. The number of carbonyl (C=O) groups excluding carboxylic acids is 6. The van der Waals surface area contributed by atoms with E-state index in [1.807, 2.05) is 0 Å². The number of nitrogens with zero attached hydrogens (tertiary/aromatic N) is 5. The number of amides is 5. The first-order valence-corrected chi connectivity index (χ1v) is 29.5. The molecule has 0 saturated carbocycles. The summed E-state index contributed by atoms with van der Waals surface area (Å²) < 4.78 is 51.0. The molecule has 1 aromatic carbocycles. The van der Waals surface area contributed by atoms with E-state index < -0.39 is 94.4 Å². The van der Waals surface area contributed by atoms with Crippen molar-refractivity contribution < 1.29 is 56.2 Å². The van der Waals surface area contributed by atoms with Crippen LogP contribution in [0.25, 0.3) is 22.3 Å². The Bertz CT molecular complexity index is 3350. The van der Waals surface area contributed by atoms with Gasteiger partial charge in [-0.1, -0.05) is 39.5 Å². The van der Waals surface area contributed by atoms with Crippen molar-refractivity contribution in [2.45, 2.75) is 147 Å². The van der Waals surface area contributed by atoms with Gasteiger partial charge in [0.2, 0.25) is 44.5 Å². The number of aryl methyl sites for hydroxylation is 1. The lowest BCUT2D eigenvalue weighted by molar-refractivity contribution is -0.172. The topological polar surface area (TPSA) is 299 Å². The number of likely N-dealkylation sites (tertiary alicyclic amines) is 1. The Morgan fingerprint density at radius 2 is 1.70 bits per heavy atom. The van der Waals surface area contributed by atoms with Gasteiger partial charge < -0.3 is 50.6 Å². The smallest absolute Gasteiger partial charge is 0.343 e. The van der Waals surface area contributed by atoms with Crippen LogP contribution in [0.5, 0.6) is 0 Å². The van der Waals surface area contributed by atoms with E-state index in [0.29, 0.717) is 82.6 Å². The first-order valence-electron chi connectivity index (χ1n) is 27.6. The van der Waals surface area contributed by atoms with Gasteiger partial charge in [0.05, 0.1) is 47.2 Å². The molecule has 24 heteroatoms. The summed E-state index contributed by atoms with van der Waals surface area (Å²) in [6.45, 7) is 10.3. The second kappa shape index (κ2) is 25.7. The summed E-state index contributed by atoms with van der Waals surface area (Å²) in [5, 5.41) is 25.5. The van der Waals surface area contributed by atoms with Gasteiger partial charge in [-0.15, -0.1) is 0 Å². The third-order valence-electron chi connectivity index (χ3n) is 15.6. The second-order valence-electron chi connectivity index (χ2n) is 21.8. The predicted octanol–water partition coefficient (Wildman–Crippen LogP) is 2.78. The molecule has 22 nitrogen and oxygen atoms in total. The summed E-state index contributed by atoms with van der Waals surface area (Å²) in [5.41, 5.74) is 1.68. The molecule has 8 rings (SSSR count). The Morgan fingerprint density at radius 3 is 2.41 bits per heavy atom. The van der Waals surface area contributed by atoms with Crippen molar-refractivity contribution in [2.75, 3.05) is 45.8 Å². The van der Waals surface area contributed by atoms with E-state index in [4.69, 9.17) is 14.5 Å². The van der Waals surface area contributed by atoms with E-state index in [0.717, 1.165) is 50.7 Å². The van der Waals surface area contributed by atoms with Crippen molar-refractivity contribution in [1.82, 2.24) is 51.0 Å². The molecule has 1 aliphatic carbocycles. The van der Waals surface area contributed by atoms with Crippen molar-refractivity contribution in [3.8, 4) is 23.2 Å². The van der Waals surface area contributed by atoms with Gasteiger partial charge in [0.15, 0.2) is 5.60 Å². The molecular weight excluding hydrogens is 1070 g/mol. The first-order chi connectivity index (χ1) is 38.6. The molecule has 4 aliphatic rings. The molecule has 5 amide bonds. The maximum absolute atomic E-state index is 15.4. The number of rotatable bonds is 22. The highest BCUT2D eigenvalue weighted by molar-refractivity contribution is 7.90. The van der Waals surface area contributed by atoms with Crippen LogP contribution in [0.1, 0.15) is 137 Å². The van der Waals surface area contributed by atoms with Crippen molar-refractivity contribution in [3.05, 3.63) is 79.6 Å². The normalized spacial score (nSPS) is 18.3. The quantitative estimate of drug-likeness (QED) is 0.0191. The lowest BCUT2D eigenvalue weighted by Gasteiger charge is -2.31. The number of unbranched alkanes of at least 4 members (excludes halogenated alkanes) is 2. The Hall–Kier alpha value is -7.20. The van der Waals surface area contributed by atoms with E-state index in [1.165, 1.54) is 23.0 Å². The molecule has 1 saturated heterocycles. The number of cyclic esters (lactones) is 1. The van der Waals surface area contributed by atoms with Crippen LogP contribution < -0.4 is 32.1 Å². The number of piperidine rings is 1. The number of carbonyl (C=O) groups is 6. The molecule has 4 aromatic rings. The summed E-state index contributed by atoms with van der Waals surface area (Å²) in [7, 11) is -3.55. The number of sulfone groups is 1. The summed E-state index contributed by atoms with van der Waals surface area (Å²) >= 11 is 0. The first kappa shape index (κ1) is 59.9. The molecule has 0 bridgehead atoms. The molecule has 0 spiro atoms. The number of aromatic nitrogens is 4. The minimum Gasteiger partial charge on any atom is -0.458 e. The molecule has 1 fully saturated rings. The van der Waals surface area contributed by atoms with Gasteiger partial charge in [0, 0.05) is 54.1 Å². The summed E-state index contributed by atoms with van der Waals surface area (Å²) in [6, 6.07) is 0.270. The van der Waals surface area contributed by atoms with E-state index in [9.17, 15) is 47.1 Å². The lowest BCUT2D eigenvalue weighted by Crippen LogP contribution is -2.56. The monoisotopic (exact) mass is 1140 g/mol. The summed E-state index contributed by atoms with van der Waals surface area (Å²) in [5.74, 6) is 2.04. The van der Waals surface area contributed by atoms with Crippen LogP contribution >= 0.6 is 0 Å². The Labute approximate surface area is 469 Å².